The number of allylic oxidation sites excluding steroid dienone is 1. The molecule has 0 fully saturated rings. The van der Waals surface area contributed by atoms with Crippen LogP contribution in [0.3, 0.4) is 0 Å². The van der Waals surface area contributed by atoms with Crippen molar-refractivity contribution in [3.05, 3.63) is 11.3 Å². The van der Waals surface area contributed by atoms with Crippen molar-refractivity contribution < 1.29 is 15.0 Å². The van der Waals surface area contributed by atoms with E-state index in [1.165, 1.54) is 12.8 Å². The lowest BCUT2D eigenvalue weighted by atomic mass is 9.84. The summed E-state index contributed by atoms with van der Waals surface area (Å²) in [5.74, 6) is 0.521. The summed E-state index contributed by atoms with van der Waals surface area (Å²) in [5.41, 5.74) is 0.969. The number of carbonyl (C=O) groups is 1. The fraction of sp³-hybridized carbons (Fsp3) is 0.842. The fourth-order valence-corrected chi connectivity index (χ4v) is 3.44. The quantitative estimate of drug-likeness (QED) is 0.519. The van der Waals surface area contributed by atoms with Crippen LogP contribution < -0.4 is 0 Å². The third-order valence-corrected chi connectivity index (χ3v) is 5.49. The summed E-state index contributed by atoms with van der Waals surface area (Å²) in [4.78, 5) is 11.1. The molecule has 3 atom stereocenters. The van der Waals surface area contributed by atoms with Crippen LogP contribution in [0.4, 0.5) is 0 Å². The van der Waals surface area contributed by atoms with Crippen LogP contribution in [0.25, 0.3) is 0 Å². The molecule has 0 saturated carbocycles. The average Bonchev–Trinajstić information content (AvgIpc) is 2.85. The molecule has 0 amide bonds. The minimum Gasteiger partial charge on any atom is -0.511 e. The normalized spacial score (nSPS) is 21.0. The van der Waals surface area contributed by atoms with E-state index in [-0.39, 0.29) is 5.76 Å². The number of aliphatic hydroxyl groups is 1. The molecule has 1 rings (SSSR count). The van der Waals surface area contributed by atoms with Crippen LogP contribution >= 0.6 is 0 Å². The van der Waals surface area contributed by atoms with Gasteiger partial charge in [0.1, 0.15) is 11.7 Å². The maximum Gasteiger partial charge on any atom is 0.314 e. The van der Waals surface area contributed by atoms with Crippen LogP contribution in [0.15, 0.2) is 11.3 Å². The summed E-state index contributed by atoms with van der Waals surface area (Å²) in [6.45, 7) is 6.84. The first-order chi connectivity index (χ1) is 10.9. The molecule has 3 nitrogen and oxygen atoms in total. The van der Waals surface area contributed by atoms with Gasteiger partial charge >= 0.3 is 5.97 Å². The first kappa shape index (κ1) is 20.1. The molecule has 130 valence electrons. The largest absolute Gasteiger partial charge is 0.511 e. The predicted octanol–water partition coefficient (Wildman–Crippen LogP) is 5.13. The lowest BCUT2D eigenvalue weighted by Gasteiger charge is -2.20. The van der Waals surface area contributed by atoms with E-state index < -0.39 is 11.9 Å². The Morgan fingerprint density at radius 3 is 2.39 bits per heavy atom. The van der Waals surface area contributed by atoms with Crippen LogP contribution in [0, 0.1) is 23.7 Å². The van der Waals surface area contributed by atoms with Crippen molar-refractivity contribution >= 4 is 13.8 Å². The van der Waals surface area contributed by atoms with Gasteiger partial charge in [0, 0.05) is 0 Å². The van der Waals surface area contributed by atoms with E-state index in [1.54, 1.807) is 0 Å². The Hall–Kier alpha value is -0.925. The molecule has 1 aliphatic carbocycles. The van der Waals surface area contributed by atoms with Gasteiger partial charge in [-0.05, 0) is 42.6 Å². The molecule has 0 aromatic rings. The van der Waals surface area contributed by atoms with Gasteiger partial charge in [-0.1, -0.05) is 59.2 Å². The molecule has 0 spiro atoms. The number of aliphatic carboxylic acids is 1. The Morgan fingerprint density at radius 2 is 1.87 bits per heavy atom. The van der Waals surface area contributed by atoms with Gasteiger partial charge in [0.05, 0.1) is 7.85 Å². The fourth-order valence-electron chi connectivity index (χ4n) is 3.44. The van der Waals surface area contributed by atoms with Gasteiger partial charge in [-0.25, -0.2) is 0 Å². The van der Waals surface area contributed by atoms with Crippen molar-refractivity contribution in [3.8, 4) is 0 Å². The molecular formula is C19H33BO3. The smallest absolute Gasteiger partial charge is 0.314 e. The molecule has 0 aromatic heterocycles. The van der Waals surface area contributed by atoms with Crippen LogP contribution in [-0.4, -0.2) is 24.0 Å². The Balaban J connectivity index is 2.55. The van der Waals surface area contributed by atoms with E-state index in [4.69, 9.17) is 13.0 Å². The molecule has 3 unspecified atom stereocenters. The zero-order chi connectivity index (χ0) is 17.4. The topological polar surface area (TPSA) is 57.5 Å². The van der Waals surface area contributed by atoms with Gasteiger partial charge in [-0.15, -0.1) is 0 Å². The molecular weight excluding hydrogens is 287 g/mol. The lowest BCUT2D eigenvalue weighted by Crippen LogP contribution is -2.12. The number of aliphatic hydroxyl groups excluding tert-OH is 1. The lowest BCUT2D eigenvalue weighted by molar-refractivity contribution is -0.141. The second-order valence-corrected chi connectivity index (χ2v) is 7.57. The van der Waals surface area contributed by atoms with Crippen molar-refractivity contribution in [2.24, 2.45) is 23.7 Å². The van der Waals surface area contributed by atoms with Gasteiger partial charge in [-0.3, -0.25) is 4.79 Å². The maximum absolute atomic E-state index is 11.1. The number of hydrogen-bond acceptors (Lipinski definition) is 2. The molecule has 0 bridgehead atoms. The summed E-state index contributed by atoms with van der Waals surface area (Å²) >= 11 is 0. The summed E-state index contributed by atoms with van der Waals surface area (Å²) in [5, 5.41) is 19.3. The number of rotatable bonds is 11. The first-order valence-electron chi connectivity index (χ1n) is 9.20. The molecule has 23 heavy (non-hydrogen) atoms. The van der Waals surface area contributed by atoms with E-state index in [0.717, 1.165) is 49.5 Å². The second-order valence-electron chi connectivity index (χ2n) is 7.57. The molecule has 2 N–H and O–H groups in total. The van der Waals surface area contributed by atoms with Crippen molar-refractivity contribution in [3.63, 3.8) is 0 Å². The SMILES string of the molecule is [B]CCCC(CCCC(C)C(C)C)CC1=C(O)C(C(=O)O)CC1. The molecule has 0 aromatic carbocycles. The monoisotopic (exact) mass is 320 g/mol. The highest BCUT2D eigenvalue weighted by Gasteiger charge is 2.31. The highest BCUT2D eigenvalue weighted by molar-refractivity contribution is 6.08. The zero-order valence-electron chi connectivity index (χ0n) is 15.1. The Kier molecular flexibility index (Phi) is 8.79. The van der Waals surface area contributed by atoms with Crippen LogP contribution in [0.5, 0.6) is 0 Å². The van der Waals surface area contributed by atoms with Gasteiger partial charge in [0.2, 0.25) is 0 Å². The van der Waals surface area contributed by atoms with E-state index in [2.05, 4.69) is 20.8 Å². The number of carboxylic acid groups (broad SMARTS) is 1. The van der Waals surface area contributed by atoms with Gasteiger partial charge in [-0.2, -0.15) is 0 Å². The maximum atomic E-state index is 11.1. The van der Waals surface area contributed by atoms with E-state index >= 15 is 0 Å². The van der Waals surface area contributed by atoms with Gasteiger partial charge in [0.25, 0.3) is 0 Å². The third-order valence-electron chi connectivity index (χ3n) is 5.49. The highest BCUT2D eigenvalue weighted by Crippen LogP contribution is 2.36. The summed E-state index contributed by atoms with van der Waals surface area (Å²) in [6.07, 6.45) is 8.46. The molecule has 4 heteroatoms. The van der Waals surface area contributed by atoms with E-state index in [0.29, 0.717) is 18.7 Å². The van der Waals surface area contributed by atoms with Crippen LogP contribution in [0.1, 0.15) is 72.1 Å². The van der Waals surface area contributed by atoms with Gasteiger partial charge < -0.3 is 10.2 Å². The zero-order valence-corrected chi connectivity index (χ0v) is 15.1. The van der Waals surface area contributed by atoms with Crippen molar-refractivity contribution in [1.82, 2.24) is 0 Å². The number of hydrogen-bond donors (Lipinski definition) is 2. The Morgan fingerprint density at radius 1 is 1.22 bits per heavy atom. The predicted molar refractivity (Wildman–Crippen MR) is 95.8 cm³/mol. The molecule has 0 heterocycles. The number of carboxylic acids is 1. The molecule has 0 aliphatic heterocycles. The van der Waals surface area contributed by atoms with Crippen molar-refractivity contribution in [2.45, 2.75) is 78.5 Å². The minimum atomic E-state index is -0.901. The standard InChI is InChI=1S/C19H33BO3/c1-13(2)14(3)6-4-7-15(8-5-11-20)12-16-9-10-17(18(16)21)19(22)23/h13-15,17,21H,4-12H2,1-3H3,(H,22,23). The Bertz CT molecular complexity index is 403. The van der Waals surface area contributed by atoms with Crippen molar-refractivity contribution in [2.75, 3.05) is 0 Å². The minimum absolute atomic E-state index is 0.130. The Labute approximate surface area is 143 Å². The average molecular weight is 320 g/mol. The molecule has 0 saturated heterocycles. The van der Waals surface area contributed by atoms with E-state index in [1.807, 2.05) is 0 Å². The van der Waals surface area contributed by atoms with Crippen LogP contribution in [-0.2, 0) is 4.79 Å². The van der Waals surface area contributed by atoms with Crippen molar-refractivity contribution in [1.29, 1.82) is 0 Å². The van der Waals surface area contributed by atoms with Gasteiger partial charge in [0.15, 0.2) is 0 Å². The molecule has 1 aliphatic rings. The summed E-state index contributed by atoms with van der Waals surface area (Å²) in [7, 11) is 5.65. The summed E-state index contributed by atoms with van der Waals surface area (Å²) in [6, 6.07) is 0. The second kappa shape index (κ2) is 10.0. The van der Waals surface area contributed by atoms with E-state index in [9.17, 15) is 9.90 Å². The first-order valence-corrected chi connectivity index (χ1v) is 9.20. The van der Waals surface area contributed by atoms with Crippen LogP contribution in [0.2, 0.25) is 6.32 Å². The molecule has 2 radical (unpaired) electrons. The summed E-state index contributed by atoms with van der Waals surface area (Å²) < 4.78 is 0. The third kappa shape index (κ3) is 6.60. The highest BCUT2D eigenvalue weighted by atomic mass is 16.4.